The molecule has 0 radical (unpaired) electrons. The Bertz CT molecular complexity index is 281. The maximum Gasteiger partial charge on any atom is 0.221 e. The monoisotopic (exact) mass is 253 g/mol. The first-order valence-electron chi connectivity index (χ1n) is 6.78. The number of nitrogens with zero attached hydrogens (tertiary/aromatic N) is 1. The van der Waals surface area contributed by atoms with Gasteiger partial charge in [-0.1, -0.05) is 20.8 Å². The van der Waals surface area contributed by atoms with Crippen LogP contribution in [-0.4, -0.2) is 25.0 Å². The van der Waals surface area contributed by atoms with E-state index in [1.165, 1.54) is 0 Å². The van der Waals surface area contributed by atoms with Gasteiger partial charge in [-0.05, 0) is 25.2 Å². The van der Waals surface area contributed by atoms with E-state index in [0.717, 1.165) is 19.4 Å². The second kappa shape index (κ2) is 8.93. The van der Waals surface area contributed by atoms with E-state index in [-0.39, 0.29) is 17.4 Å². The SMILES string of the molecule is CC[C@@H](C)NC(=O)CCNCC(C)(C)CCC#N. The van der Waals surface area contributed by atoms with E-state index in [4.69, 9.17) is 5.26 Å². The van der Waals surface area contributed by atoms with Crippen LogP contribution in [-0.2, 0) is 4.79 Å². The zero-order chi connectivity index (χ0) is 14.0. The van der Waals surface area contributed by atoms with Gasteiger partial charge in [0, 0.05) is 32.0 Å². The number of carbonyl (C=O) groups excluding carboxylic acids is 1. The summed E-state index contributed by atoms with van der Waals surface area (Å²) >= 11 is 0. The number of rotatable bonds is 9. The van der Waals surface area contributed by atoms with Gasteiger partial charge in [0.2, 0.25) is 5.91 Å². The summed E-state index contributed by atoms with van der Waals surface area (Å²) in [6.07, 6.45) is 2.94. The van der Waals surface area contributed by atoms with Gasteiger partial charge in [-0.2, -0.15) is 5.26 Å². The van der Waals surface area contributed by atoms with Gasteiger partial charge in [0.15, 0.2) is 0 Å². The van der Waals surface area contributed by atoms with Crippen molar-refractivity contribution in [2.24, 2.45) is 5.41 Å². The van der Waals surface area contributed by atoms with E-state index in [9.17, 15) is 4.79 Å². The molecule has 0 aromatic rings. The maximum atomic E-state index is 11.5. The largest absolute Gasteiger partial charge is 0.354 e. The van der Waals surface area contributed by atoms with Crippen LogP contribution in [0.4, 0.5) is 0 Å². The fraction of sp³-hybridized carbons (Fsp3) is 0.857. The second-order valence-corrected chi connectivity index (χ2v) is 5.63. The van der Waals surface area contributed by atoms with Crippen molar-refractivity contribution in [2.75, 3.05) is 13.1 Å². The van der Waals surface area contributed by atoms with Crippen LogP contribution in [0.25, 0.3) is 0 Å². The van der Waals surface area contributed by atoms with Crippen molar-refractivity contribution in [1.82, 2.24) is 10.6 Å². The Morgan fingerprint density at radius 2 is 2.11 bits per heavy atom. The van der Waals surface area contributed by atoms with Crippen molar-refractivity contribution >= 4 is 5.91 Å². The third-order valence-electron chi connectivity index (χ3n) is 3.07. The minimum Gasteiger partial charge on any atom is -0.354 e. The molecule has 0 saturated heterocycles. The Kier molecular flexibility index (Phi) is 8.40. The lowest BCUT2D eigenvalue weighted by Crippen LogP contribution is -2.36. The summed E-state index contributed by atoms with van der Waals surface area (Å²) in [7, 11) is 0. The predicted octanol–water partition coefficient (Wildman–Crippen LogP) is 2.21. The molecule has 0 aromatic heterocycles. The number of carbonyl (C=O) groups is 1. The molecule has 4 heteroatoms. The molecule has 0 heterocycles. The quantitative estimate of drug-likeness (QED) is 0.619. The topological polar surface area (TPSA) is 64.9 Å². The average molecular weight is 253 g/mol. The van der Waals surface area contributed by atoms with E-state index in [1.54, 1.807) is 0 Å². The van der Waals surface area contributed by atoms with Gasteiger partial charge < -0.3 is 10.6 Å². The maximum absolute atomic E-state index is 11.5. The van der Waals surface area contributed by atoms with Crippen molar-refractivity contribution in [3.63, 3.8) is 0 Å². The molecule has 1 atom stereocenters. The molecule has 0 aromatic carbocycles. The van der Waals surface area contributed by atoms with Crippen molar-refractivity contribution in [3.8, 4) is 6.07 Å². The minimum atomic E-state index is 0.103. The van der Waals surface area contributed by atoms with Crippen molar-refractivity contribution < 1.29 is 4.79 Å². The van der Waals surface area contributed by atoms with Crippen molar-refractivity contribution in [1.29, 1.82) is 5.26 Å². The van der Waals surface area contributed by atoms with Crippen LogP contribution in [0.1, 0.15) is 53.4 Å². The van der Waals surface area contributed by atoms with Gasteiger partial charge in [0.25, 0.3) is 0 Å². The van der Waals surface area contributed by atoms with Gasteiger partial charge in [-0.3, -0.25) is 4.79 Å². The molecule has 0 fully saturated rings. The highest BCUT2D eigenvalue weighted by atomic mass is 16.1. The molecule has 104 valence electrons. The highest BCUT2D eigenvalue weighted by molar-refractivity contribution is 5.76. The van der Waals surface area contributed by atoms with Crippen LogP contribution >= 0.6 is 0 Å². The molecule has 0 aliphatic heterocycles. The third-order valence-corrected chi connectivity index (χ3v) is 3.07. The summed E-state index contributed by atoms with van der Waals surface area (Å²) in [5, 5.41) is 14.8. The Morgan fingerprint density at radius 1 is 1.44 bits per heavy atom. The van der Waals surface area contributed by atoms with Gasteiger partial charge in [0.05, 0.1) is 6.07 Å². The summed E-state index contributed by atoms with van der Waals surface area (Å²) in [6.45, 7) is 9.87. The Hall–Kier alpha value is -1.08. The molecule has 2 N–H and O–H groups in total. The highest BCUT2D eigenvalue weighted by Gasteiger charge is 2.16. The smallest absolute Gasteiger partial charge is 0.221 e. The lowest BCUT2D eigenvalue weighted by atomic mass is 9.88. The van der Waals surface area contributed by atoms with E-state index in [1.807, 2.05) is 6.92 Å². The first-order valence-corrected chi connectivity index (χ1v) is 6.78. The van der Waals surface area contributed by atoms with Crippen LogP contribution < -0.4 is 10.6 Å². The van der Waals surface area contributed by atoms with E-state index >= 15 is 0 Å². The molecular weight excluding hydrogens is 226 g/mol. The predicted molar refractivity (Wildman–Crippen MR) is 74.0 cm³/mol. The average Bonchev–Trinajstić information content (AvgIpc) is 2.32. The van der Waals surface area contributed by atoms with E-state index in [0.29, 0.717) is 19.4 Å². The Balaban J connectivity index is 3.67. The molecule has 0 spiro atoms. The number of nitrogens with one attached hydrogen (secondary N) is 2. The minimum absolute atomic E-state index is 0.103. The molecule has 0 aliphatic carbocycles. The van der Waals surface area contributed by atoms with Gasteiger partial charge in [0.1, 0.15) is 0 Å². The van der Waals surface area contributed by atoms with Crippen LogP contribution in [0.2, 0.25) is 0 Å². The van der Waals surface area contributed by atoms with Crippen molar-refractivity contribution in [3.05, 3.63) is 0 Å². The summed E-state index contributed by atoms with van der Waals surface area (Å²) in [6, 6.07) is 2.42. The molecule has 0 rings (SSSR count). The fourth-order valence-corrected chi connectivity index (χ4v) is 1.56. The van der Waals surface area contributed by atoms with Gasteiger partial charge in [-0.25, -0.2) is 0 Å². The summed E-state index contributed by atoms with van der Waals surface area (Å²) < 4.78 is 0. The molecule has 0 unspecified atom stereocenters. The third kappa shape index (κ3) is 9.00. The van der Waals surface area contributed by atoms with Crippen LogP contribution in [0.3, 0.4) is 0 Å². The Labute approximate surface area is 111 Å². The summed E-state index contributed by atoms with van der Waals surface area (Å²) in [5.41, 5.74) is 0.114. The second-order valence-electron chi connectivity index (χ2n) is 5.63. The zero-order valence-electron chi connectivity index (χ0n) is 12.2. The molecule has 1 amide bonds. The highest BCUT2D eigenvalue weighted by Crippen LogP contribution is 2.20. The lowest BCUT2D eigenvalue weighted by Gasteiger charge is -2.23. The molecular formula is C14H27N3O. The van der Waals surface area contributed by atoms with Crippen LogP contribution in [0, 0.1) is 16.7 Å². The Morgan fingerprint density at radius 3 is 2.67 bits per heavy atom. The number of nitriles is 1. The first kappa shape index (κ1) is 16.9. The molecule has 18 heavy (non-hydrogen) atoms. The van der Waals surface area contributed by atoms with Gasteiger partial charge in [-0.15, -0.1) is 0 Å². The zero-order valence-corrected chi connectivity index (χ0v) is 12.2. The summed E-state index contributed by atoms with van der Waals surface area (Å²) in [4.78, 5) is 11.5. The van der Waals surface area contributed by atoms with E-state index in [2.05, 4.69) is 37.5 Å². The van der Waals surface area contributed by atoms with Gasteiger partial charge >= 0.3 is 0 Å². The van der Waals surface area contributed by atoms with E-state index < -0.39 is 0 Å². The van der Waals surface area contributed by atoms with Crippen molar-refractivity contribution in [2.45, 2.75) is 59.4 Å². The lowest BCUT2D eigenvalue weighted by molar-refractivity contribution is -0.121. The first-order chi connectivity index (χ1) is 8.41. The normalized spacial score (nSPS) is 12.8. The number of hydrogen-bond donors (Lipinski definition) is 2. The molecule has 0 saturated carbocycles. The van der Waals surface area contributed by atoms with Crippen LogP contribution in [0.5, 0.6) is 0 Å². The summed E-state index contributed by atoms with van der Waals surface area (Å²) in [5.74, 6) is 0.103. The number of amides is 1. The fourth-order valence-electron chi connectivity index (χ4n) is 1.56. The molecule has 4 nitrogen and oxygen atoms in total. The van der Waals surface area contributed by atoms with Crippen LogP contribution in [0.15, 0.2) is 0 Å². The standard InChI is InChI=1S/C14H27N3O/c1-5-12(2)17-13(18)7-10-16-11-14(3,4)8-6-9-15/h12,16H,5-8,10-11H2,1-4H3,(H,17,18)/t12-/m1/s1. The molecule has 0 aliphatic rings. The molecule has 0 bridgehead atoms. The number of hydrogen-bond acceptors (Lipinski definition) is 3.